The van der Waals surface area contributed by atoms with E-state index in [1.165, 1.54) is 0 Å². The number of nitrogens with one attached hydrogen (secondary N) is 1. The van der Waals surface area contributed by atoms with Crippen LogP contribution in [0, 0.1) is 6.92 Å². The molecule has 1 aliphatic rings. The van der Waals surface area contributed by atoms with Gasteiger partial charge in [0.05, 0.1) is 16.6 Å². The van der Waals surface area contributed by atoms with Crippen LogP contribution in [0.15, 0.2) is 39.6 Å². The molecule has 0 amide bonds. The van der Waals surface area contributed by atoms with Gasteiger partial charge >= 0.3 is 0 Å². The van der Waals surface area contributed by atoms with Crippen molar-refractivity contribution < 1.29 is 5.11 Å². The minimum absolute atomic E-state index is 0.0525. The molecule has 6 heteroatoms. The van der Waals surface area contributed by atoms with Gasteiger partial charge in [0.15, 0.2) is 0 Å². The van der Waals surface area contributed by atoms with Gasteiger partial charge in [0.1, 0.15) is 11.6 Å². The van der Waals surface area contributed by atoms with Gasteiger partial charge in [-0.05, 0) is 78.0 Å². The van der Waals surface area contributed by atoms with Gasteiger partial charge in [0, 0.05) is 16.5 Å². The van der Waals surface area contributed by atoms with Crippen molar-refractivity contribution in [1.82, 2.24) is 14.9 Å². The zero-order valence-corrected chi connectivity index (χ0v) is 18.6. The van der Waals surface area contributed by atoms with Gasteiger partial charge in [-0.2, -0.15) is 4.98 Å². The number of phenolic OH excluding ortho intramolecular Hbond substituents is 1. The van der Waals surface area contributed by atoms with Crippen LogP contribution in [0.25, 0.3) is 16.6 Å². The molecule has 2 heterocycles. The maximum absolute atomic E-state index is 12.7. The molecule has 4 rings (SSSR count). The first-order chi connectivity index (χ1) is 13.9. The maximum atomic E-state index is 12.7. The summed E-state index contributed by atoms with van der Waals surface area (Å²) in [6.45, 7) is 8.07. The Hall–Kier alpha value is -2.18. The second-order valence-corrected chi connectivity index (χ2v) is 8.98. The highest BCUT2D eigenvalue weighted by atomic mass is 79.9. The number of halogens is 1. The molecule has 0 spiro atoms. The Morgan fingerprint density at radius 2 is 1.97 bits per heavy atom. The van der Waals surface area contributed by atoms with Crippen molar-refractivity contribution in [3.63, 3.8) is 0 Å². The lowest BCUT2D eigenvalue weighted by molar-refractivity contribution is 0.424. The quantitative estimate of drug-likeness (QED) is 0.597. The average molecular weight is 456 g/mol. The van der Waals surface area contributed by atoms with Crippen LogP contribution in [-0.2, 0) is 0 Å². The van der Waals surface area contributed by atoms with E-state index in [1.807, 2.05) is 42.7 Å². The summed E-state index contributed by atoms with van der Waals surface area (Å²) < 4.78 is 2.75. The molecule has 5 nitrogen and oxygen atoms in total. The highest BCUT2D eigenvalue weighted by Gasteiger charge is 2.22. The summed E-state index contributed by atoms with van der Waals surface area (Å²) in [6, 6.07) is 9.66. The molecule has 0 aliphatic carbocycles. The number of phenols is 1. The molecule has 0 radical (unpaired) electrons. The number of aryl methyl sites for hydroxylation is 1. The second kappa shape index (κ2) is 7.92. The van der Waals surface area contributed by atoms with Gasteiger partial charge in [-0.25, -0.2) is 0 Å². The van der Waals surface area contributed by atoms with Crippen LogP contribution in [0.2, 0.25) is 0 Å². The normalized spacial score (nSPS) is 15.3. The summed E-state index contributed by atoms with van der Waals surface area (Å²) >= 11 is 3.50. The van der Waals surface area contributed by atoms with Crippen molar-refractivity contribution in [1.29, 1.82) is 0 Å². The van der Waals surface area contributed by atoms with Crippen LogP contribution in [0.5, 0.6) is 5.75 Å². The van der Waals surface area contributed by atoms with Crippen molar-refractivity contribution in [2.75, 3.05) is 13.1 Å². The molecule has 152 valence electrons. The number of nitrogens with zero attached hydrogens (tertiary/aromatic N) is 2. The molecule has 0 unspecified atom stereocenters. The van der Waals surface area contributed by atoms with E-state index in [-0.39, 0.29) is 11.5 Å². The van der Waals surface area contributed by atoms with Crippen molar-refractivity contribution in [3.8, 4) is 11.4 Å². The fraction of sp³-hybridized carbons (Fsp3) is 0.391. The number of fused-ring (bicyclic) bond motifs is 1. The number of benzene rings is 2. The van der Waals surface area contributed by atoms with Crippen LogP contribution in [-0.4, -0.2) is 27.7 Å². The highest BCUT2D eigenvalue weighted by Crippen LogP contribution is 2.37. The SMILES string of the molecule is Cc1cc(C2CCNCC2)c(O)cc1-n1c(C(C)C)nc(=O)c2c(Br)cccc21. The van der Waals surface area contributed by atoms with E-state index in [0.717, 1.165) is 52.7 Å². The summed E-state index contributed by atoms with van der Waals surface area (Å²) in [5.41, 5.74) is 3.49. The van der Waals surface area contributed by atoms with E-state index in [0.29, 0.717) is 22.9 Å². The Labute approximate surface area is 178 Å². The molecule has 29 heavy (non-hydrogen) atoms. The van der Waals surface area contributed by atoms with E-state index in [1.54, 1.807) is 0 Å². The summed E-state index contributed by atoms with van der Waals surface area (Å²) in [6.07, 6.45) is 2.05. The van der Waals surface area contributed by atoms with Crippen molar-refractivity contribution in [2.24, 2.45) is 0 Å². The predicted molar refractivity (Wildman–Crippen MR) is 120 cm³/mol. The topological polar surface area (TPSA) is 67.2 Å². The monoisotopic (exact) mass is 455 g/mol. The van der Waals surface area contributed by atoms with E-state index in [9.17, 15) is 9.90 Å². The Bertz CT molecular complexity index is 1130. The van der Waals surface area contributed by atoms with Gasteiger partial charge in [-0.1, -0.05) is 26.0 Å². The standard InChI is InChI=1S/C23H26BrN3O2/c1-13(2)22-26-23(29)21-17(24)5-4-6-18(21)27(22)19-12-20(28)16(11-14(19)3)15-7-9-25-10-8-15/h4-6,11-13,15,25,28H,7-10H2,1-3H3. The van der Waals surface area contributed by atoms with Crippen LogP contribution in [0.3, 0.4) is 0 Å². The minimum atomic E-state index is -0.236. The molecule has 3 aromatic rings. The van der Waals surface area contributed by atoms with Gasteiger partial charge in [-0.15, -0.1) is 0 Å². The largest absolute Gasteiger partial charge is 0.508 e. The number of hydrogen-bond acceptors (Lipinski definition) is 4. The van der Waals surface area contributed by atoms with Crippen LogP contribution >= 0.6 is 15.9 Å². The number of aromatic hydroxyl groups is 1. The molecular formula is C23H26BrN3O2. The smallest absolute Gasteiger partial charge is 0.281 e. The predicted octanol–water partition coefficient (Wildman–Crippen LogP) is 4.75. The van der Waals surface area contributed by atoms with Crippen molar-refractivity contribution >= 4 is 26.8 Å². The van der Waals surface area contributed by atoms with E-state index >= 15 is 0 Å². The number of piperidine rings is 1. The number of rotatable bonds is 3. The third-order valence-electron chi connectivity index (χ3n) is 5.77. The van der Waals surface area contributed by atoms with Gasteiger partial charge in [0.2, 0.25) is 0 Å². The summed E-state index contributed by atoms with van der Waals surface area (Å²) in [5, 5.41) is 14.8. The Morgan fingerprint density at radius 3 is 2.66 bits per heavy atom. The maximum Gasteiger partial charge on any atom is 0.281 e. The Morgan fingerprint density at radius 1 is 1.24 bits per heavy atom. The Balaban J connectivity index is 1.98. The lowest BCUT2D eigenvalue weighted by atomic mass is 9.88. The molecule has 1 aliphatic heterocycles. The summed E-state index contributed by atoms with van der Waals surface area (Å²) in [7, 11) is 0. The minimum Gasteiger partial charge on any atom is -0.508 e. The van der Waals surface area contributed by atoms with E-state index < -0.39 is 0 Å². The van der Waals surface area contributed by atoms with E-state index in [2.05, 4.69) is 39.2 Å². The van der Waals surface area contributed by atoms with Crippen LogP contribution in [0.1, 0.15) is 55.5 Å². The van der Waals surface area contributed by atoms with Crippen LogP contribution < -0.4 is 10.9 Å². The molecule has 0 bridgehead atoms. The van der Waals surface area contributed by atoms with Gasteiger partial charge < -0.3 is 10.4 Å². The molecular weight excluding hydrogens is 430 g/mol. The third kappa shape index (κ3) is 3.60. The fourth-order valence-electron chi connectivity index (χ4n) is 4.29. The van der Waals surface area contributed by atoms with Crippen molar-refractivity contribution in [3.05, 3.63) is 62.1 Å². The summed E-state index contributed by atoms with van der Waals surface area (Å²) in [5.74, 6) is 1.43. The summed E-state index contributed by atoms with van der Waals surface area (Å²) in [4.78, 5) is 17.1. The molecule has 2 aromatic carbocycles. The Kier molecular flexibility index (Phi) is 5.49. The highest BCUT2D eigenvalue weighted by molar-refractivity contribution is 9.10. The van der Waals surface area contributed by atoms with Crippen molar-refractivity contribution in [2.45, 2.75) is 45.4 Å². The molecule has 1 fully saturated rings. The molecule has 1 aromatic heterocycles. The zero-order chi connectivity index (χ0) is 20.7. The third-order valence-corrected chi connectivity index (χ3v) is 6.43. The van der Waals surface area contributed by atoms with E-state index in [4.69, 9.17) is 0 Å². The van der Waals surface area contributed by atoms with Gasteiger partial charge in [-0.3, -0.25) is 9.36 Å². The number of hydrogen-bond donors (Lipinski definition) is 2. The first-order valence-electron chi connectivity index (χ1n) is 10.1. The molecule has 0 atom stereocenters. The first-order valence-corrected chi connectivity index (χ1v) is 10.9. The lowest BCUT2D eigenvalue weighted by Gasteiger charge is -2.26. The average Bonchev–Trinajstić information content (AvgIpc) is 2.70. The zero-order valence-electron chi connectivity index (χ0n) is 17.0. The van der Waals surface area contributed by atoms with Gasteiger partial charge in [0.25, 0.3) is 5.56 Å². The first kappa shape index (κ1) is 20.1. The molecule has 1 saturated heterocycles. The number of aromatic nitrogens is 2. The lowest BCUT2D eigenvalue weighted by Crippen LogP contribution is -2.26. The fourth-order valence-corrected chi connectivity index (χ4v) is 4.82. The van der Waals surface area contributed by atoms with Crippen LogP contribution in [0.4, 0.5) is 0 Å². The molecule has 2 N–H and O–H groups in total. The molecule has 0 saturated carbocycles. The second-order valence-electron chi connectivity index (χ2n) is 8.12.